The molecular formula is C16H15N3O. The molecular weight excluding hydrogens is 250 g/mol. The smallest absolute Gasteiger partial charge is 0.251 e. The van der Waals surface area contributed by atoms with Crippen molar-refractivity contribution >= 4 is 16.7 Å². The molecule has 4 heteroatoms. The number of carbonyl (C=O) groups excluding carboxylic acids is 1. The van der Waals surface area contributed by atoms with Crippen LogP contribution in [0, 0.1) is 0 Å². The van der Waals surface area contributed by atoms with Crippen LogP contribution in [0.2, 0.25) is 0 Å². The SMILES string of the molecule is CC(NC(=O)c1ccc2ccccc2c1)c1cn[nH]c1. The van der Waals surface area contributed by atoms with Crippen LogP contribution in [0.25, 0.3) is 10.8 Å². The molecule has 3 rings (SSSR count). The number of hydrogen-bond donors (Lipinski definition) is 2. The van der Waals surface area contributed by atoms with Gasteiger partial charge in [0.2, 0.25) is 0 Å². The number of hydrogen-bond acceptors (Lipinski definition) is 2. The van der Waals surface area contributed by atoms with Crippen molar-refractivity contribution in [2.24, 2.45) is 0 Å². The number of nitrogens with zero attached hydrogens (tertiary/aromatic N) is 1. The summed E-state index contributed by atoms with van der Waals surface area (Å²) in [4.78, 5) is 12.3. The summed E-state index contributed by atoms with van der Waals surface area (Å²) >= 11 is 0. The number of fused-ring (bicyclic) bond motifs is 1. The van der Waals surface area contributed by atoms with Crippen LogP contribution >= 0.6 is 0 Å². The van der Waals surface area contributed by atoms with Crippen molar-refractivity contribution in [2.45, 2.75) is 13.0 Å². The summed E-state index contributed by atoms with van der Waals surface area (Å²) in [5.74, 6) is -0.0792. The topological polar surface area (TPSA) is 57.8 Å². The van der Waals surface area contributed by atoms with Gasteiger partial charge in [-0.05, 0) is 29.8 Å². The van der Waals surface area contributed by atoms with E-state index < -0.39 is 0 Å². The minimum atomic E-state index is -0.0792. The molecule has 100 valence electrons. The zero-order valence-corrected chi connectivity index (χ0v) is 11.1. The predicted octanol–water partition coefficient (Wildman–Crippen LogP) is 3.05. The normalized spacial score (nSPS) is 12.2. The number of amides is 1. The summed E-state index contributed by atoms with van der Waals surface area (Å²) in [7, 11) is 0. The first-order chi connectivity index (χ1) is 9.74. The summed E-state index contributed by atoms with van der Waals surface area (Å²) < 4.78 is 0. The molecule has 2 N–H and O–H groups in total. The average molecular weight is 265 g/mol. The molecule has 1 amide bonds. The standard InChI is InChI=1S/C16H15N3O/c1-11(15-9-17-18-10-15)19-16(20)14-7-6-12-4-2-3-5-13(12)8-14/h2-11H,1H3,(H,17,18)(H,19,20). The van der Waals surface area contributed by atoms with E-state index in [1.54, 1.807) is 12.4 Å². The highest BCUT2D eigenvalue weighted by Crippen LogP contribution is 2.17. The fraction of sp³-hybridized carbons (Fsp3) is 0.125. The van der Waals surface area contributed by atoms with Gasteiger partial charge >= 0.3 is 0 Å². The Bertz CT molecular complexity index is 734. The monoisotopic (exact) mass is 265 g/mol. The molecule has 3 aromatic rings. The summed E-state index contributed by atoms with van der Waals surface area (Å²) in [6, 6.07) is 13.6. The first kappa shape index (κ1) is 12.4. The van der Waals surface area contributed by atoms with Gasteiger partial charge in [-0.25, -0.2) is 0 Å². The van der Waals surface area contributed by atoms with Gasteiger partial charge in [0.25, 0.3) is 5.91 Å². The Labute approximate surface area is 116 Å². The van der Waals surface area contributed by atoms with Gasteiger partial charge in [-0.15, -0.1) is 0 Å². The third kappa shape index (κ3) is 2.40. The van der Waals surface area contributed by atoms with Crippen LogP contribution in [0.5, 0.6) is 0 Å². The molecule has 0 aliphatic carbocycles. The van der Waals surface area contributed by atoms with E-state index in [-0.39, 0.29) is 11.9 Å². The molecule has 0 aliphatic rings. The zero-order chi connectivity index (χ0) is 13.9. The number of benzene rings is 2. The summed E-state index contributed by atoms with van der Waals surface area (Å²) in [5, 5.41) is 11.8. The Hall–Kier alpha value is -2.62. The molecule has 1 atom stereocenters. The molecule has 0 saturated heterocycles. The molecule has 1 aromatic heterocycles. The van der Waals surface area contributed by atoms with Crippen molar-refractivity contribution < 1.29 is 4.79 Å². The van der Waals surface area contributed by atoms with Crippen LogP contribution < -0.4 is 5.32 Å². The molecule has 0 aliphatic heterocycles. The van der Waals surface area contributed by atoms with Crippen molar-refractivity contribution in [3.05, 3.63) is 66.0 Å². The summed E-state index contributed by atoms with van der Waals surface area (Å²) in [6.07, 6.45) is 3.50. The Morgan fingerprint density at radius 3 is 2.75 bits per heavy atom. The molecule has 1 heterocycles. The van der Waals surface area contributed by atoms with E-state index in [1.807, 2.05) is 49.4 Å². The largest absolute Gasteiger partial charge is 0.345 e. The van der Waals surface area contributed by atoms with E-state index >= 15 is 0 Å². The second kappa shape index (κ2) is 5.17. The molecule has 0 spiro atoms. The third-order valence-electron chi connectivity index (χ3n) is 3.38. The van der Waals surface area contributed by atoms with E-state index in [4.69, 9.17) is 0 Å². The average Bonchev–Trinajstić information content (AvgIpc) is 3.01. The lowest BCUT2D eigenvalue weighted by Gasteiger charge is -2.12. The number of rotatable bonds is 3. The highest BCUT2D eigenvalue weighted by atomic mass is 16.1. The van der Waals surface area contributed by atoms with Gasteiger partial charge in [0, 0.05) is 17.3 Å². The quantitative estimate of drug-likeness (QED) is 0.764. The first-order valence-electron chi connectivity index (χ1n) is 6.52. The molecule has 4 nitrogen and oxygen atoms in total. The molecule has 0 radical (unpaired) electrons. The number of aromatic nitrogens is 2. The lowest BCUT2D eigenvalue weighted by molar-refractivity contribution is 0.0940. The number of aromatic amines is 1. The predicted molar refractivity (Wildman–Crippen MR) is 78.4 cm³/mol. The highest BCUT2D eigenvalue weighted by Gasteiger charge is 2.12. The lowest BCUT2D eigenvalue weighted by Crippen LogP contribution is -2.26. The van der Waals surface area contributed by atoms with Crippen LogP contribution in [-0.2, 0) is 0 Å². The van der Waals surface area contributed by atoms with Crippen molar-refractivity contribution in [3.63, 3.8) is 0 Å². The van der Waals surface area contributed by atoms with Crippen LogP contribution in [0.1, 0.15) is 28.9 Å². The molecule has 2 aromatic carbocycles. The minimum Gasteiger partial charge on any atom is -0.345 e. The number of nitrogens with one attached hydrogen (secondary N) is 2. The van der Waals surface area contributed by atoms with Gasteiger partial charge in [-0.1, -0.05) is 30.3 Å². The Morgan fingerprint density at radius 1 is 1.20 bits per heavy atom. The zero-order valence-electron chi connectivity index (χ0n) is 11.1. The number of carbonyl (C=O) groups is 1. The molecule has 1 unspecified atom stereocenters. The van der Waals surface area contributed by atoms with Crippen LogP contribution in [0.15, 0.2) is 54.9 Å². The van der Waals surface area contributed by atoms with E-state index in [0.717, 1.165) is 16.3 Å². The van der Waals surface area contributed by atoms with Gasteiger partial charge in [-0.3, -0.25) is 9.89 Å². The summed E-state index contributed by atoms with van der Waals surface area (Å²) in [5.41, 5.74) is 1.62. The van der Waals surface area contributed by atoms with Crippen LogP contribution in [0.4, 0.5) is 0 Å². The fourth-order valence-corrected chi connectivity index (χ4v) is 2.19. The van der Waals surface area contributed by atoms with Crippen LogP contribution in [0.3, 0.4) is 0 Å². The maximum Gasteiger partial charge on any atom is 0.251 e. The maximum absolute atomic E-state index is 12.3. The fourth-order valence-electron chi connectivity index (χ4n) is 2.19. The van der Waals surface area contributed by atoms with E-state index in [1.165, 1.54) is 0 Å². The Morgan fingerprint density at radius 2 is 2.00 bits per heavy atom. The Balaban J connectivity index is 1.82. The maximum atomic E-state index is 12.3. The van der Waals surface area contributed by atoms with Gasteiger partial charge in [0.1, 0.15) is 0 Å². The third-order valence-corrected chi connectivity index (χ3v) is 3.38. The molecule has 0 bridgehead atoms. The number of H-pyrrole nitrogens is 1. The van der Waals surface area contributed by atoms with E-state index in [2.05, 4.69) is 15.5 Å². The van der Waals surface area contributed by atoms with E-state index in [9.17, 15) is 4.79 Å². The second-order valence-electron chi connectivity index (χ2n) is 4.79. The van der Waals surface area contributed by atoms with Crippen molar-refractivity contribution in [1.29, 1.82) is 0 Å². The molecule has 0 fully saturated rings. The van der Waals surface area contributed by atoms with Crippen molar-refractivity contribution in [2.75, 3.05) is 0 Å². The highest BCUT2D eigenvalue weighted by molar-refractivity contribution is 5.98. The summed E-state index contributed by atoms with van der Waals surface area (Å²) in [6.45, 7) is 1.93. The minimum absolute atomic E-state index is 0.0762. The van der Waals surface area contributed by atoms with Crippen LogP contribution in [-0.4, -0.2) is 16.1 Å². The lowest BCUT2D eigenvalue weighted by atomic mass is 10.1. The van der Waals surface area contributed by atoms with Gasteiger partial charge in [0.05, 0.1) is 12.2 Å². The van der Waals surface area contributed by atoms with Gasteiger partial charge in [0.15, 0.2) is 0 Å². The first-order valence-corrected chi connectivity index (χ1v) is 6.52. The Kier molecular flexibility index (Phi) is 3.21. The van der Waals surface area contributed by atoms with Crippen molar-refractivity contribution in [3.8, 4) is 0 Å². The van der Waals surface area contributed by atoms with Crippen molar-refractivity contribution in [1.82, 2.24) is 15.5 Å². The molecule has 20 heavy (non-hydrogen) atoms. The van der Waals surface area contributed by atoms with Gasteiger partial charge < -0.3 is 5.32 Å². The van der Waals surface area contributed by atoms with E-state index in [0.29, 0.717) is 5.56 Å². The molecule has 0 saturated carbocycles. The van der Waals surface area contributed by atoms with Gasteiger partial charge in [-0.2, -0.15) is 5.10 Å². The second-order valence-corrected chi connectivity index (χ2v) is 4.79.